The number of rotatable bonds is 31. The van der Waals surface area contributed by atoms with Crippen LogP contribution >= 0.6 is 0 Å². The van der Waals surface area contributed by atoms with Crippen molar-refractivity contribution in [1.29, 1.82) is 0 Å². The molecule has 0 amide bonds. The van der Waals surface area contributed by atoms with E-state index in [4.69, 9.17) is 52.1 Å². The molecule has 6 unspecified atom stereocenters. The Bertz CT molecular complexity index is 3250. The van der Waals surface area contributed by atoms with Crippen molar-refractivity contribution in [3.63, 3.8) is 0 Å². The first-order chi connectivity index (χ1) is 51.6. The van der Waals surface area contributed by atoms with E-state index in [9.17, 15) is 67.7 Å². The molecule has 0 spiro atoms. The maximum Gasteiger partial charge on any atom is 0.347 e. The Hall–Kier alpha value is -7.22. The van der Waals surface area contributed by atoms with Crippen LogP contribution in [-0.4, -0.2) is 167 Å². The smallest absolute Gasteiger partial charge is 0.347 e. The normalized spacial score (nSPS) is 24.6. The Balaban J connectivity index is 0.000000692. The van der Waals surface area contributed by atoms with Gasteiger partial charge in [-0.1, -0.05) is 111 Å². The first kappa shape index (κ1) is 105. The number of hydrogen-bond acceptors (Lipinski definition) is 26. The largest absolute Gasteiger partial charge is 0.463 e. The predicted molar refractivity (Wildman–Crippen MR) is 429 cm³/mol. The highest BCUT2D eigenvalue weighted by atomic mass is 16.6. The second-order valence-corrected chi connectivity index (χ2v) is 35.9. The topological polar surface area (TPSA) is 356 Å². The predicted octanol–water partition coefficient (Wildman–Crippen LogP) is 15.2. The summed E-state index contributed by atoms with van der Waals surface area (Å²) < 4.78 is 61.7. The quantitative estimate of drug-likeness (QED) is 0.0282. The summed E-state index contributed by atoms with van der Waals surface area (Å²) in [7, 11) is 0. The van der Waals surface area contributed by atoms with Crippen LogP contribution in [0, 0.1) is 63.6 Å². The fourth-order valence-electron chi connectivity index (χ4n) is 15.1. The molecule has 6 atom stereocenters. The molecule has 26 heteroatoms. The molecule has 26 nitrogen and oxygen atoms in total. The van der Waals surface area contributed by atoms with Crippen LogP contribution in [0.5, 0.6) is 0 Å². The van der Waals surface area contributed by atoms with Gasteiger partial charge < -0.3 is 67.1 Å². The summed E-state index contributed by atoms with van der Waals surface area (Å²) >= 11 is 0. The highest BCUT2D eigenvalue weighted by Crippen LogP contribution is 2.60. The molecule has 8 saturated carbocycles. The molecule has 0 radical (unpaired) electrons. The SMILES string of the molecule is C.C.C=C(C)C(=O)OC12CC3CC(CC(O)(C3)C1)C2.C=C(C)C(=O)OC1CCOC1=O.C=C(C)C(=O)OCCOC(=O)CCC(=O)OC(C)(C(C)C)C(C)C.CCC(C)(C)C(=O)OC12CC3CC(CC(O)(C3)C1)C2.CCC(C)(C)C(=O)OC1CCOC1=O.CCC(C)(C)C(=O)OCCOC(=O)CCC(=O)OC(C)(C(C)C)C(C)C. The summed E-state index contributed by atoms with van der Waals surface area (Å²) in [6.07, 6.45) is 12.6. The highest BCUT2D eigenvalue weighted by molar-refractivity contribution is 5.90. The number of ether oxygens (including phenoxy) is 12. The number of esters is 12. The van der Waals surface area contributed by atoms with Crippen LogP contribution in [-0.2, 0) is 114 Å². The fourth-order valence-corrected chi connectivity index (χ4v) is 15.1. The summed E-state index contributed by atoms with van der Waals surface area (Å²) in [4.78, 5) is 139. The van der Waals surface area contributed by atoms with Crippen LogP contribution in [0.4, 0.5) is 0 Å². The Labute approximate surface area is 680 Å². The Kier molecular flexibility index (Phi) is 41.3. The molecule has 0 aromatic heterocycles. The Morgan fingerprint density at radius 1 is 0.421 bits per heavy atom. The minimum atomic E-state index is -0.728. The average Bonchev–Trinajstić information content (AvgIpc) is 0.958. The van der Waals surface area contributed by atoms with Crippen molar-refractivity contribution in [2.75, 3.05) is 39.6 Å². The lowest BCUT2D eigenvalue weighted by Crippen LogP contribution is -2.61. The van der Waals surface area contributed by atoms with Crippen LogP contribution in [0.25, 0.3) is 0 Å². The third kappa shape index (κ3) is 32.0. The second-order valence-electron chi connectivity index (χ2n) is 35.9. The van der Waals surface area contributed by atoms with Crippen LogP contribution in [0.2, 0.25) is 0 Å². The molecule has 10 aliphatic rings. The lowest BCUT2D eigenvalue weighted by atomic mass is 9.52. The molecule has 114 heavy (non-hydrogen) atoms. The van der Waals surface area contributed by atoms with Gasteiger partial charge in [0, 0.05) is 42.4 Å². The summed E-state index contributed by atoms with van der Waals surface area (Å²) in [5.74, 6) is -2.02. The van der Waals surface area contributed by atoms with Gasteiger partial charge in [0.25, 0.3) is 0 Å². The zero-order chi connectivity index (χ0) is 85.5. The molecule has 2 heterocycles. The highest BCUT2D eigenvalue weighted by Gasteiger charge is 2.61. The van der Waals surface area contributed by atoms with E-state index >= 15 is 0 Å². The van der Waals surface area contributed by atoms with Crippen molar-refractivity contribution in [2.24, 2.45) is 63.6 Å². The van der Waals surface area contributed by atoms with Gasteiger partial charge in [0.2, 0.25) is 12.2 Å². The van der Waals surface area contributed by atoms with Crippen LogP contribution in [0.15, 0.2) is 36.5 Å². The van der Waals surface area contributed by atoms with Gasteiger partial charge in [0.1, 0.15) is 48.8 Å². The van der Waals surface area contributed by atoms with Gasteiger partial charge >= 0.3 is 71.6 Å². The van der Waals surface area contributed by atoms with Crippen molar-refractivity contribution >= 4 is 71.6 Å². The van der Waals surface area contributed by atoms with E-state index in [-0.39, 0.29) is 131 Å². The van der Waals surface area contributed by atoms with E-state index in [2.05, 4.69) is 24.5 Å². The first-order valence-electron chi connectivity index (χ1n) is 40.3. The second kappa shape index (κ2) is 44.9. The van der Waals surface area contributed by atoms with Crippen molar-refractivity contribution in [2.45, 2.75) is 348 Å². The summed E-state index contributed by atoms with van der Waals surface area (Å²) in [6, 6.07) is 0. The molecule has 0 aromatic carbocycles. The monoisotopic (exact) mass is 1620 g/mol. The Morgan fingerprint density at radius 3 is 1.04 bits per heavy atom. The number of cyclic esters (lactones) is 2. The molecular formula is C88H146O26. The van der Waals surface area contributed by atoms with E-state index in [0.717, 1.165) is 57.8 Å². The number of carbonyl (C=O) groups excluding carboxylic acids is 12. The van der Waals surface area contributed by atoms with E-state index in [1.54, 1.807) is 34.6 Å². The van der Waals surface area contributed by atoms with Crippen molar-refractivity contribution in [3.05, 3.63) is 36.5 Å². The summed E-state index contributed by atoms with van der Waals surface area (Å²) in [5, 5.41) is 21.2. The van der Waals surface area contributed by atoms with Gasteiger partial charge in [-0.3, -0.25) is 33.6 Å². The van der Waals surface area contributed by atoms with Crippen molar-refractivity contribution in [1.82, 2.24) is 0 Å². The number of hydrogen-bond donors (Lipinski definition) is 2. The minimum Gasteiger partial charge on any atom is -0.463 e. The molecule has 8 bridgehead atoms. The van der Waals surface area contributed by atoms with E-state index in [1.165, 1.54) is 26.7 Å². The zero-order valence-electron chi connectivity index (χ0n) is 71.7. The molecule has 10 rings (SSSR count). The van der Waals surface area contributed by atoms with E-state index in [1.807, 2.05) is 104 Å². The van der Waals surface area contributed by atoms with Crippen LogP contribution in [0.1, 0.15) is 302 Å². The maximum atomic E-state index is 12.4. The molecule has 0 aromatic rings. The standard InChI is InChI=1S/C20H36O6.C18H30O6.C16H26O3.C14H20O3.C10H16O4.C8H10O4.2CH4/c1-9-19(6,7)18(23)25-13-12-24-16(21)10-11-17(22)26-20(8,14(2)3)15(4)5;1-12(2)17(21)23-11-10-22-15(19)8-9-16(20)24-18(7,13(3)4)14(5)6;1-4-14(2,3)13(17)19-16-8-11-5-12(9-16)7-15(18,6-11)10-16;1-9(2)12(15)17-14-6-10-3-11(7-14)5-13(16,4-10)8-14;1-4-10(2,3)9(12)14-7-5-6-13-8(7)11;1-5(2)7(9)12-6-3-4-11-8(6)10;;/h14-15H,9-13H2,1-8H3;13-14H,1,8-11H2,2-7H3;11-12,18H,4-10H2,1-3H3;10-11,16H,1,3-8H2,2H3;7H,4-6H2,1-3H3;6H,1,3-4H2,2H3;2*1H4. The van der Waals surface area contributed by atoms with Crippen molar-refractivity contribution < 1.29 is 125 Å². The summed E-state index contributed by atoms with van der Waals surface area (Å²) in [6.45, 7) is 52.5. The average molecular weight is 1620 g/mol. The van der Waals surface area contributed by atoms with Gasteiger partial charge in [0.15, 0.2) is 0 Å². The molecule has 654 valence electrons. The lowest BCUT2D eigenvalue weighted by molar-refractivity contribution is -0.225. The summed E-state index contributed by atoms with van der Waals surface area (Å²) in [5.41, 5.74) is -3.48. The maximum absolute atomic E-state index is 12.4. The number of aliphatic hydroxyl groups is 2. The number of carbonyl (C=O) groups is 12. The van der Waals surface area contributed by atoms with Gasteiger partial charge in [-0.05, 0) is 207 Å². The third-order valence-corrected chi connectivity index (χ3v) is 23.7. The van der Waals surface area contributed by atoms with Gasteiger partial charge in [-0.15, -0.1) is 0 Å². The zero-order valence-corrected chi connectivity index (χ0v) is 71.7. The van der Waals surface area contributed by atoms with Crippen LogP contribution in [0.3, 0.4) is 0 Å². The van der Waals surface area contributed by atoms with E-state index < -0.39 is 104 Å². The molecule has 2 N–H and O–H groups in total. The van der Waals surface area contributed by atoms with Crippen LogP contribution < -0.4 is 0 Å². The minimum absolute atomic E-state index is 0. The van der Waals surface area contributed by atoms with Gasteiger partial charge in [-0.25, -0.2) is 24.0 Å². The fraction of sp³-hybridized carbons (Fsp3) is 0.795. The molecular weight excluding hydrogens is 1470 g/mol. The molecule has 2 aliphatic heterocycles. The lowest BCUT2D eigenvalue weighted by Gasteiger charge is -2.59. The third-order valence-electron chi connectivity index (χ3n) is 23.7. The molecule has 10 fully saturated rings. The molecule has 8 aliphatic carbocycles. The Morgan fingerprint density at radius 2 is 0.728 bits per heavy atom. The molecule has 2 saturated heterocycles. The van der Waals surface area contributed by atoms with Gasteiger partial charge in [-0.2, -0.15) is 0 Å². The van der Waals surface area contributed by atoms with Crippen molar-refractivity contribution in [3.8, 4) is 0 Å². The van der Waals surface area contributed by atoms with E-state index in [0.29, 0.717) is 81.0 Å². The first-order valence-corrected chi connectivity index (χ1v) is 40.3. The van der Waals surface area contributed by atoms with Gasteiger partial charge in [0.05, 0.1) is 66.3 Å².